The third kappa shape index (κ3) is 3.14. The summed E-state index contributed by atoms with van der Waals surface area (Å²) in [4.78, 5) is 0. The van der Waals surface area contributed by atoms with E-state index in [1.807, 2.05) is 0 Å². The standard InChI is InChI=1S/C49H28O/c1-3-14-33-29(10-1)22-25-41-47(33)48-34-15-4-2-11-30(34)23-26-42(48)49(41)39-19-6-5-16-37(39)46-35(17-9-20-40(46)49)32-24-27-43-38(28-32)36-18-7-12-31-13-8-21-44(50-43)45(31)36/h1-28H. The molecule has 1 heterocycles. The minimum Gasteiger partial charge on any atom is -0.456 e. The largest absolute Gasteiger partial charge is 0.456 e. The van der Waals surface area contributed by atoms with Gasteiger partial charge in [-0.2, -0.15) is 0 Å². The Labute approximate surface area is 289 Å². The topological polar surface area (TPSA) is 9.23 Å². The van der Waals surface area contributed by atoms with Crippen LogP contribution in [-0.2, 0) is 5.41 Å². The lowest BCUT2D eigenvalue weighted by atomic mass is 9.70. The fourth-order valence-electron chi connectivity index (χ4n) is 9.73. The number of rotatable bonds is 1. The zero-order chi connectivity index (χ0) is 32.6. The summed E-state index contributed by atoms with van der Waals surface area (Å²) in [6, 6.07) is 63.0. The third-order valence-electron chi connectivity index (χ3n) is 11.7. The van der Waals surface area contributed by atoms with E-state index >= 15 is 0 Å². The van der Waals surface area contributed by atoms with E-state index in [-0.39, 0.29) is 0 Å². The molecule has 1 heteroatoms. The Morgan fingerprint density at radius 3 is 1.70 bits per heavy atom. The highest BCUT2D eigenvalue weighted by Crippen LogP contribution is 2.66. The molecule has 0 N–H and O–H groups in total. The number of fused-ring (bicyclic) bond motifs is 16. The van der Waals surface area contributed by atoms with Crippen LogP contribution in [0.3, 0.4) is 0 Å². The van der Waals surface area contributed by atoms with Crippen LogP contribution >= 0.6 is 0 Å². The Morgan fingerprint density at radius 2 is 0.920 bits per heavy atom. The van der Waals surface area contributed by atoms with Gasteiger partial charge in [-0.1, -0.05) is 152 Å². The van der Waals surface area contributed by atoms with Gasteiger partial charge in [0.05, 0.1) is 5.41 Å². The Bertz CT molecular complexity index is 2870. The summed E-state index contributed by atoms with van der Waals surface area (Å²) in [7, 11) is 0. The quantitative estimate of drug-likeness (QED) is 0.175. The van der Waals surface area contributed by atoms with Gasteiger partial charge in [-0.3, -0.25) is 0 Å². The Kier molecular flexibility index (Phi) is 4.97. The van der Waals surface area contributed by atoms with Crippen LogP contribution in [0.5, 0.6) is 11.5 Å². The van der Waals surface area contributed by atoms with Crippen molar-refractivity contribution in [1.82, 2.24) is 0 Å². The maximum atomic E-state index is 6.51. The van der Waals surface area contributed by atoms with Gasteiger partial charge in [-0.15, -0.1) is 0 Å². The number of benzene rings is 9. The van der Waals surface area contributed by atoms with Crippen LogP contribution < -0.4 is 4.74 Å². The lowest BCUT2D eigenvalue weighted by Gasteiger charge is -2.31. The van der Waals surface area contributed by atoms with Crippen molar-refractivity contribution in [1.29, 1.82) is 0 Å². The van der Waals surface area contributed by atoms with Gasteiger partial charge in [-0.25, -0.2) is 0 Å². The Hall–Kier alpha value is -6.44. The summed E-state index contributed by atoms with van der Waals surface area (Å²) in [6.45, 7) is 0. The fourth-order valence-corrected chi connectivity index (χ4v) is 9.73. The van der Waals surface area contributed by atoms with Crippen LogP contribution in [-0.4, -0.2) is 0 Å². The lowest BCUT2D eigenvalue weighted by Crippen LogP contribution is -2.25. The van der Waals surface area contributed by atoms with E-state index in [1.54, 1.807) is 0 Å². The molecule has 0 unspecified atom stereocenters. The molecule has 0 fully saturated rings. The first-order valence-electron chi connectivity index (χ1n) is 17.4. The predicted molar refractivity (Wildman–Crippen MR) is 206 cm³/mol. The second-order valence-corrected chi connectivity index (χ2v) is 13.9. The third-order valence-corrected chi connectivity index (χ3v) is 11.7. The molecule has 0 bridgehead atoms. The molecule has 12 rings (SSSR count). The summed E-state index contributed by atoms with van der Waals surface area (Å²) < 4.78 is 6.51. The van der Waals surface area contributed by atoms with Crippen LogP contribution in [0.1, 0.15) is 22.3 Å². The van der Waals surface area contributed by atoms with Crippen LogP contribution in [0.15, 0.2) is 170 Å². The molecular weight excluding hydrogens is 605 g/mol. The molecule has 1 spiro atoms. The second-order valence-electron chi connectivity index (χ2n) is 13.9. The molecule has 2 aliphatic carbocycles. The summed E-state index contributed by atoms with van der Waals surface area (Å²) in [6.07, 6.45) is 0. The van der Waals surface area contributed by atoms with Gasteiger partial charge < -0.3 is 4.74 Å². The first kappa shape index (κ1) is 26.5. The molecule has 1 nitrogen and oxygen atoms in total. The van der Waals surface area contributed by atoms with Crippen molar-refractivity contribution >= 4 is 32.3 Å². The summed E-state index contributed by atoms with van der Waals surface area (Å²) >= 11 is 0. The Balaban J connectivity index is 1.18. The summed E-state index contributed by atoms with van der Waals surface area (Å²) in [5, 5.41) is 7.55. The SMILES string of the molecule is c1ccc2c(c1)-c1c(-c3ccc4c(c3)-c3cccc5cccc(c35)O4)cccc1C21c2ccc3ccccc3c2-c2c1ccc1ccccc21. The first-order chi connectivity index (χ1) is 24.8. The van der Waals surface area contributed by atoms with Crippen molar-refractivity contribution in [2.45, 2.75) is 5.41 Å². The highest BCUT2D eigenvalue weighted by atomic mass is 16.5. The average molecular weight is 633 g/mol. The van der Waals surface area contributed by atoms with Crippen LogP contribution in [0.4, 0.5) is 0 Å². The van der Waals surface area contributed by atoms with Gasteiger partial charge in [0.2, 0.25) is 0 Å². The molecule has 9 aromatic carbocycles. The van der Waals surface area contributed by atoms with Crippen LogP contribution in [0.2, 0.25) is 0 Å². The number of hydrogen-bond acceptors (Lipinski definition) is 1. The van der Waals surface area contributed by atoms with Gasteiger partial charge in [0.1, 0.15) is 11.5 Å². The van der Waals surface area contributed by atoms with Crippen molar-refractivity contribution in [2.75, 3.05) is 0 Å². The molecular formula is C49H28O. The van der Waals surface area contributed by atoms with Gasteiger partial charge in [0.15, 0.2) is 0 Å². The summed E-state index contributed by atoms with van der Waals surface area (Å²) in [5.74, 6) is 1.83. The molecule has 0 saturated carbocycles. The molecule has 1 aliphatic heterocycles. The zero-order valence-corrected chi connectivity index (χ0v) is 27.1. The second kappa shape index (κ2) is 9.37. The molecule has 0 atom stereocenters. The van der Waals surface area contributed by atoms with Gasteiger partial charge in [-0.05, 0) is 106 Å². The molecule has 3 aliphatic rings. The molecule has 50 heavy (non-hydrogen) atoms. The first-order valence-corrected chi connectivity index (χ1v) is 17.4. The monoisotopic (exact) mass is 632 g/mol. The highest BCUT2D eigenvalue weighted by molar-refractivity contribution is 6.14. The fraction of sp³-hybridized carbons (Fsp3) is 0.0204. The lowest BCUT2D eigenvalue weighted by molar-refractivity contribution is 0.487. The zero-order valence-electron chi connectivity index (χ0n) is 27.1. The van der Waals surface area contributed by atoms with E-state index in [0.29, 0.717) is 0 Å². The maximum Gasteiger partial charge on any atom is 0.135 e. The van der Waals surface area contributed by atoms with Gasteiger partial charge in [0, 0.05) is 10.9 Å². The normalized spacial score (nSPS) is 13.9. The predicted octanol–water partition coefficient (Wildman–Crippen LogP) is 12.9. The minimum atomic E-state index is -0.442. The van der Waals surface area contributed by atoms with E-state index in [2.05, 4.69) is 170 Å². The molecule has 230 valence electrons. The minimum absolute atomic E-state index is 0.442. The van der Waals surface area contributed by atoms with Crippen LogP contribution in [0.25, 0.3) is 76.8 Å². The molecule has 0 aromatic heterocycles. The molecule has 9 aromatic rings. The van der Waals surface area contributed by atoms with E-state index in [0.717, 1.165) is 17.1 Å². The van der Waals surface area contributed by atoms with E-state index < -0.39 is 5.41 Å². The van der Waals surface area contributed by atoms with Crippen molar-refractivity contribution < 1.29 is 4.74 Å². The van der Waals surface area contributed by atoms with E-state index in [9.17, 15) is 0 Å². The molecule has 0 saturated heterocycles. The number of ether oxygens (including phenoxy) is 1. The average Bonchev–Trinajstić information content (AvgIpc) is 3.66. The van der Waals surface area contributed by atoms with Gasteiger partial charge >= 0.3 is 0 Å². The summed E-state index contributed by atoms with van der Waals surface area (Å²) in [5.41, 5.74) is 15.2. The van der Waals surface area contributed by atoms with Crippen molar-refractivity contribution in [2.24, 2.45) is 0 Å². The smallest absolute Gasteiger partial charge is 0.135 e. The van der Waals surface area contributed by atoms with Crippen molar-refractivity contribution in [3.8, 4) is 56.0 Å². The van der Waals surface area contributed by atoms with Crippen molar-refractivity contribution in [3.63, 3.8) is 0 Å². The van der Waals surface area contributed by atoms with Crippen LogP contribution in [0, 0.1) is 0 Å². The highest BCUT2D eigenvalue weighted by Gasteiger charge is 2.53. The van der Waals surface area contributed by atoms with E-state index in [1.165, 1.54) is 93.5 Å². The maximum absolute atomic E-state index is 6.51. The molecule has 0 amide bonds. The van der Waals surface area contributed by atoms with E-state index in [4.69, 9.17) is 4.74 Å². The Morgan fingerprint density at radius 1 is 0.340 bits per heavy atom. The van der Waals surface area contributed by atoms with Crippen molar-refractivity contribution in [3.05, 3.63) is 192 Å². The van der Waals surface area contributed by atoms with Gasteiger partial charge in [0.25, 0.3) is 0 Å². The molecule has 0 radical (unpaired) electrons. The number of hydrogen-bond donors (Lipinski definition) is 0.